The minimum Gasteiger partial charge on any atom is -0.381 e. The smallest absolute Gasteiger partial charge is 0.168 e. The summed E-state index contributed by atoms with van der Waals surface area (Å²) in [4.78, 5) is 3.69. The topological polar surface area (TPSA) is 50.9 Å². The summed E-state index contributed by atoms with van der Waals surface area (Å²) in [5.41, 5.74) is 5.37. The minimum atomic E-state index is -0.828. The van der Waals surface area contributed by atoms with Gasteiger partial charge in [0, 0.05) is 12.6 Å². The van der Waals surface area contributed by atoms with Gasteiger partial charge in [0.2, 0.25) is 0 Å². The van der Waals surface area contributed by atoms with E-state index in [0.717, 1.165) is 18.9 Å². The summed E-state index contributed by atoms with van der Waals surface area (Å²) in [6.07, 6.45) is 4.56. The molecule has 1 aromatic rings. The molecule has 3 nitrogen and oxygen atoms in total. The fourth-order valence-corrected chi connectivity index (χ4v) is 1.87. The summed E-state index contributed by atoms with van der Waals surface area (Å²) >= 11 is 0. The first-order chi connectivity index (χ1) is 8.85. The Morgan fingerprint density at radius 2 is 1.95 bits per heavy atom. The van der Waals surface area contributed by atoms with Gasteiger partial charge >= 0.3 is 0 Å². The average Bonchev–Trinajstić information content (AvgIpc) is 2.32. The van der Waals surface area contributed by atoms with E-state index in [0.29, 0.717) is 6.54 Å². The predicted molar refractivity (Wildman–Crippen MR) is 75.0 cm³/mol. The summed E-state index contributed by atoms with van der Waals surface area (Å²) in [5.74, 6) is -1.81. The number of nitrogen functional groups attached to an aromatic ring is 1. The molecule has 0 saturated heterocycles. The molecule has 0 spiro atoms. The van der Waals surface area contributed by atoms with Crippen molar-refractivity contribution in [3.8, 4) is 0 Å². The molecular formula is C14H23F2N3. The van der Waals surface area contributed by atoms with Crippen LogP contribution in [0.5, 0.6) is 0 Å². The number of nitrogens with two attached hydrogens (primary N) is 1. The van der Waals surface area contributed by atoms with Crippen LogP contribution in [0.1, 0.15) is 46.5 Å². The highest BCUT2D eigenvalue weighted by Gasteiger charge is 2.18. The number of rotatable bonds is 7. The predicted octanol–water partition coefficient (Wildman–Crippen LogP) is 3.96. The van der Waals surface area contributed by atoms with E-state index in [4.69, 9.17) is 5.73 Å². The Labute approximate surface area is 113 Å². The molecule has 0 bridgehead atoms. The Morgan fingerprint density at radius 3 is 2.58 bits per heavy atom. The van der Waals surface area contributed by atoms with E-state index in [1.807, 2.05) is 0 Å². The van der Waals surface area contributed by atoms with E-state index in [2.05, 4.69) is 31.1 Å². The average molecular weight is 271 g/mol. The number of anilines is 2. The van der Waals surface area contributed by atoms with Crippen LogP contribution in [0.4, 0.5) is 20.4 Å². The van der Waals surface area contributed by atoms with Crippen LogP contribution in [-0.4, -0.2) is 11.5 Å². The van der Waals surface area contributed by atoms with Crippen LogP contribution in [0.3, 0.4) is 0 Å². The fraction of sp³-hybridized carbons (Fsp3) is 0.643. The van der Waals surface area contributed by atoms with Gasteiger partial charge in [-0.2, -0.15) is 0 Å². The van der Waals surface area contributed by atoms with Crippen LogP contribution in [0.15, 0.2) is 6.07 Å². The van der Waals surface area contributed by atoms with Crippen molar-refractivity contribution in [3.63, 3.8) is 0 Å². The number of hydrogen-bond acceptors (Lipinski definition) is 3. The molecule has 5 heteroatoms. The number of pyridine rings is 1. The molecular weight excluding hydrogens is 248 g/mol. The lowest BCUT2D eigenvalue weighted by Gasteiger charge is -2.25. The fourth-order valence-electron chi connectivity index (χ4n) is 1.87. The van der Waals surface area contributed by atoms with Gasteiger partial charge in [-0.05, 0) is 11.8 Å². The van der Waals surface area contributed by atoms with Crippen molar-refractivity contribution >= 4 is 11.6 Å². The molecule has 0 radical (unpaired) electrons. The molecule has 1 rings (SSSR count). The van der Waals surface area contributed by atoms with E-state index in [9.17, 15) is 8.78 Å². The number of aromatic nitrogens is 1. The second-order valence-corrected chi connectivity index (χ2v) is 5.66. The third kappa shape index (κ3) is 5.01. The normalized spacial score (nSPS) is 11.6. The Balaban J connectivity index is 2.58. The first-order valence-electron chi connectivity index (χ1n) is 6.71. The third-order valence-corrected chi connectivity index (χ3v) is 3.15. The lowest BCUT2D eigenvalue weighted by Crippen LogP contribution is -2.24. The van der Waals surface area contributed by atoms with Crippen LogP contribution >= 0.6 is 0 Å². The molecule has 0 aliphatic heterocycles. The number of unbranched alkanes of at least 4 members (excludes halogenated alkanes) is 2. The lowest BCUT2D eigenvalue weighted by molar-refractivity contribution is 0.341. The molecule has 0 saturated carbocycles. The van der Waals surface area contributed by atoms with Crippen molar-refractivity contribution < 1.29 is 8.78 Å². The summed E-state index contributed by atoms with van der Waals surface area (Å²) in [7, 11) is 0. The summed E-state index contributed by atoms with van der Waals surface area (Å²) in [6, 6.07) is 0.759. The van der Waals surface area contributed by atoms with E-state index >= 15 is 0 Å². The molecule has 3 N–H and O–H groups in total. The van der Waals surface area contributed by atoms with Gasteiger partial charge in [-0.15, -0.1) is 0 Å². The van der Waals surface area contributed by atoms with E-state index in [1.165, 1.54) is 12.8 Å². The number of nitrogens with one attached hydrogen (secondary N) is 1. The van der Waals surface area contributed by atoms with Crippen LogP contribution in [0.2, 0.25) is 0 Å². The molecule has 0 fully saturated rings. The number of halogens is 2. The molecule has 0 amide bonds. The SMILES string of the molecule is CCCCCC(C)(C)CNc1nc(N)c(F)cc1F. The molecule has 0 aliphatic rings. The van der Waals surface area contributed by atoms with Gasteiger partial charge in [-0.3, -0.25) is 0 Å². The van der Waals surface area contributed by atoms with E-state index in [-0.39, 0.29) is 17.1 Å². The van der Waals surface area contributed by atoms with Crippen molar-refractivity contribution in [1.29, 1.82) is 0 Å². The van der Waals surface area contributed by atoms with Gasteiger partial charge in [-0.1, -0.05) is 40.0 Å². The van der Waals surface area contributed by atoms with Crippen LogP contribution < -0.4 is 11.1 Å². The maximum Gasteiger partial charge on any atom is 0.168 e. The monoisotopic (exact) mass is 271 g/mol. The molecule has 19 heavy (non-hydrogen) atoms. The Bertz CT molecular complexity index is 419. The van der Waals surface area contributed by atoms with Crippen LogP contribution in [0, 0.1) is 17.0 Å². The zero-order chi connectivity index (χ0) is 14.5. The molecule has 1 heterocycles. The minimum absolute atomic E-state index is 0.0162. The first-order valence-corrected chi connectivity index (χ1v) is 6.71. The van der Waals surface area contributed by atoms with Gasteiger partial charge < -0.3 is 11.1 Å². The third-order valence-electron chi connectivity index (χ3n) is 3.15. The van der Waals surface area contributed by atoms with Gasteiger partial charge in [-0.25, -0.2) is 13.8 Å². The van der Waals surface area contributed by atoms with E-state index < -0.39 is 11.6 Å². The second-order valence-electron chi connectivity index (χ2n) is 5.66. The van der Waals surface area contributed by atoms with Crippen molar-refractivity contribution in [1.82, 2.24) is 4.98 Å². The summed E-state index contributed by atoms with van der Waals surface area (Å²) in [5, 5.41) is 2.92. The standard InChI is InChI=1S/C14H23F2N3/c1-4-5-6-7-14(2,3)9-18-13-11(16)8-10(15)12(17)19-13/h8H,4-7,9H2,1-3H3,(H3,17,18,19). The summed E-state index contributed by atoms with van der Waals surface area (Å²) < 4.78 is 26.5. The molecule has 0 aliphatic carbocycles. The van der Waals surface area contributed by atoms with Gasteiger partial charge in [0.1, 0.15) is 0 Å². The largest absolute Gasteiger partial charge is 0.381 e. The van der Waals surface area contributed by atoms with Gasteiger partial charge in [0.25, 0.3) is 0 Å². The molecule has 0 unspecified atom stereocenters. The van der Waals surface area contributed by atoms with Crippen LogP contribution in [-0.2, 0) is 0 Å². The number of nitrogens with zero attached hydrogens (tertiary/aromatic N) is 1. The highest BCUT2D eigenvalue weighted by molar-refractivity contribution is 5.44. The molecule has 108 valence electrons. The molecule has 0 aromatic carbocycles. The molecule has 1 aromatic heterocycles. The zero-order valence-electron chi connectivity index (χ0n) is 11.9. The van der Waals surface area contributed by atoms with Gasteiger partial charge in [0.05, 0.1) is 0 Å². The highest BCUT2D eigenvalue weighted by atomic mass is 19.1. The summed E-state index contributed by atoms with van der Waals surface area (Å²) in [6.45, 7) is 6.96. The van der Waals surface area contributed by atoms with Crippen molar-refractivity contribution in [2.24, 2.45) is 5.41 Å². The van der Waals surface area contributed by atoms with Crippen molar-refractivity contribution in [2.45, 2.75) is 46.5 Å². The second kappa shape index (κ2) is 6.68. The van der Waals surface area contributed by atoms with Crippen molar-refractivity contribution in [2.75, 3.05) is 17.6 Å². The van der Waals surface area contributed by atoms with Crippen molar-refractivity contribution in [3.05, 3.63) is 17.7 Å². The Morgan fingerprint density at radius 1 is 1.26 bits per heavy atom. The maximum atomic E-state index is 13.5. The lowest BCUT2D eigenvalue weighted by atomic mass is 9.87. The van der Waals surface area contributed by atoms with E-state index in [1.54, 1.807) is 0 Å². The zero-order valence-corrected chi connectivity index (χ0v) is 11.9. The maximum absolute atomic E-state index is 13.5. The quantitative estimate of drug-likeness (QED) is 0.738. The Hall–Kier alpha value is -1.39. The molecule has 0 atom stereocenters. The number of hydrogen-bond donors (Lipinski definition) is 2. The first kappa shape index (κ1) is 15.7. The highest BCUT2D eigenvalue weighted by Crippen LogP contribution is 2.25. The van der Waals surface area contributed by atoms with Crippen LogP contribution in [0.25, 0.3) is 0 Å². The van der Waals surface area contributed by atoms with Gasteiger partial charge in [0.15, 0.2) is 23.3 Å². The Kier molecular flexibility index (Phi) is 5.51.